The number of methoxy groups -OCH3 is 1. The summed E-state index contributed by atoms with van der Waals surface area (Å²) >= 11 is 0. The second-order valence-corrected chi connectivity index (χ2v) is 5.34. The topological polar surface area (TPSA) is 72.2 Å². The van der Waals surface area contributed by atoms with Crippen molar-refractivity contribution in [3.63, 3.8) is 0 Å². The predicted molar refractivity (Wildman–Crippen MR) is 78.5 cm³/mol. The number of aryl methyl sites for hydroxylation is 1. The monoisotopic (exact) mass is 310 g/mol. The molecule has 1 aliphatic heterocycles. The van der Waals surface area contributed by atoms with E-state index >= 15 is 0 Å². The molecule has 0 atom stereocenters. The highest BCUT2D eigenvalue weighted by molar-refractivity contribution is 5.90. The van der Waals surface area contributed by atoms with Crippen LogP contribution in [-0.2, 0) is 20.8 Å². The maximum Gasteiger partial charge on any atom is 0.341 e. The third kappa shape index (κ3) is 4.08. The van der Waals surface area contributed by atoms with Gasteiger partial charge in [-0.05, 0) is 20.0 Å². The number of likely N-dealkylation sites (N-methyl/N-ethyl adjacent to an activating group) is 1. The SMILES string of the molecule is COC(=O)c1cc(CN(C)CC(=O)N2CCOCC2)oc1C. The molecule has 0 radical (unpaired) electrons. The van der Waals surface area contributed by atoms with E-state index in [1.165, 1.54) is 7.11 Å². The zero-order valence-electron chi connectivity index (χ0n) is 13.3. The lowest BCUT2D eigenvalue weighted by Gasteiger charge is -2.28. The molecule has 2 heterocycles. The molecule has 0 N–H and O–H groups in total. The Labute approximate surface area is 129 Å². The van der Waals surface area contributed by atoms with Crippen molar-refractivity contribution >= 4 is 11.9 Å². The number of rotatable bonds is 5. The van der Waals surface area contributed by atoms with Gasteiger partial charge in [-0.15, -0.1) is 0 Å². The van der Waals surface area contributed by atoms with Crippen LogP contribution in [0.5, 0.6) is 0 Å². The Kier molecular flexibility index (Phi) is 5.57. The quantitative estimate of drug-likeness (QED) is 0.744. The van der Waals surface area contributed by atoms with E-state index in [0.29, 0.717) is 56.5 Å². The molecule has 7 heteroatoms. The third-order valence-electron chi connectivity index (χ3n) is 3.57. The molecule has 1 aliphatic rings. The molecule has 22 heavy (non-hydrogen) atoms. The fourth-order valence-corrected chi connectivity index (χ4v) is 2.40. The van der Waals surface area contributed by atoms with Crippen molar-refractivity contribution < 1.29 is 23.5 Å². The number of carbonyl (C=O) groups excluding carboxylic acids is 2. The summed E-state index contributed by atoms with van der Waals surface area (Å²) < 4.78 is 15.5. The molecule has 7 nitrogen and oxygen atoms in total. The number of ether oxygens (including phenoxy) is 2. The molecule has 1 aromatic rings. The Morgan fingerprint density at radius 3 is 2.68 bits per heavy atom. The van der Waals surface area contributed by atoms with Gasteiger partial charge in [-0.2, -0.15) is 0 Å². The van der Waals surface area contributed by atoms with Crippen molar-refractivity contribution in [2.45, 2.75) is 13.5 Å². The number of amides is 1. The van der Waals surface area contributed by atoms with Gasteiger partial charge in [0.05, 0.1) is 33.4 Å². The molecule has 1 saturated heterocycles. The van der Waals surface area contributed by atoms with Crippen LogP contribution >= 0.6 is 0 Å². The predicted octanol–water partition coefficient (Wildman–Crippen LogP) is 0.665. The lowest BCUT2D eigenvalue weighted by molar-refractivity contribution is -0.136. The molecule has 0 spiro atoms. The summed E-state index contributed by atoms with van der Waals surface area (Å²) in [6.45, 7) is 4.93. The summed E-state index contributed by atoms with van der Waals surface area (Å²) in [6, 6.07) is 1.66. The molecule has 0 aromatic carbocycles. The summed E-state index contributed by atoms with van der Waals surface area (Å²) in [7, 11) is 3.18. The molecule has 1 amide bonds. The number of hydrogen-bond donors (Lipinski definition) is 0. The number of morpholine rings is 1. The Morgan fingerprint density at radius 2 is 2.05 bits per heavy atom. The van der Waals surface area contributed by atoms with E-state index in [1.54, 1.807) is 17.9 Å². The maximum atomic E-state index is 12.1. The molecule has 0 unspecified atom stereocenters. The Balaban J connectivity index is 1.90. The van der Waals surface area contributed by atoms with E-state index in [0.717, 1.165) is 0 Å². The summed E-state index contributed by atoms with van der Waals surface area (Å²) in [5, 5.41) is 0. The van der Waals surface area contributed by atoms with Crippen molar-refractivity contribution in [3.8, 4) is 0 Å². The minimum Gasteiger partial charge on any atom is -0.465 e. The van der Waals surface area contributed by atoms with Crippen molar-refractivity contribution in [3.05, 3.63) is 23.2 Å². The number of hydrogen-bond acceptors (Lipinski definition) is 6. The molecule has 0 bridgehead atoms. The van der Waals surface area contributed by atoms with Crippen LogP contribution in [-0.4, -0.2) is 68.7 Å². The summed E-state index contributed by atoms with van der Waals surface area (Å²) in [6.07, 6.45) is 0. The molecule has 122 valence electrons. The molecule has 0 saturated carbocycles. The summed E-state index contributed by atoms with van der Waals surface area (Å²) in [5.74, 6) is 0.812. The number of furan rings is 1. The van der Waals surface area contributed by atoms with Gasteiger partial charge in [0.1, 0.15) is 17.1 Å². The first kappa shape index (κ1) is 16.5. The first-order chi connectivity index (χ1) is 10.5. The number of nitrogens with zero attached hydrogens (tertiary/aromatic N) is 2. The smallest absolute Gasteiger partial charge is 0.341 e. The third-order valence-corrected chi connectivity index (χ3v) is 3.57. The normalized spacial score (nSPS) is 15.2. The minimum absolute atomic E-state index is 0.0715. The van der Waals surface area contributed by atoms with E-state index in [-0.39, 0.29) is 5.91 Å². The van der Waals surface area contributed by atoms with Crippen molar-refractivity contribution in [1.82, 2.24) is 9.80 Å². The van der Waals surface area contributed by atoms with Gasteiger partial charge in [0, 0.05) is 13.1 Å². The van der Waals surface area contributed by atoms with Gasteiger partial charge in [0.25, 0.3) is 0 Å². The van der Waals surface area contributed by atoms with Gasteiger partial charge in [-0.1, -0.05) is 0 Å². The molecule has 1 aromatic heterocycles. The standard InChI is InChI=1S/C15H22N2O5/c1-11-13(15(19)20-3)8-12(22-11)9-16(2)10-14(18)17-4-6-21-7-5-17/h8H,4-7,9-10H2,1-3H3. The molecule has 0 aliphatic carbocycles. The Bertz CT molecular complexity index is 534. The molecular formula is C15H22N2O5. The fourth-order valence-electron chi connectivity index (χ4n) is 2.40. The summed E-state index contributed by atoms with van der Waals surface area (Å²) in [5.41, 5.74) is 0.422. The van der Waals surface area contributed by atoms with Crippen LogP contribution in [0.15, 0.2) is 10.5 Å². The maximum absolute atomic E-state index is 12.1. The van der Waals surface area contributed by atoms with Crippen LogP contribution < -0.4 is 0 Å². The Morgan fingerprint density at radius 1 is 1.36 bits per heavy atom. The lowest BCUT2D eigenvalue weighted by Crippen LogP contribution is -2.44. The zero-order chi connectivity index (χ0) is 16.1. The van der Waals surface area contributed by atoms with Gasteiger partial charge >= 0.3 is 5.97 Å². The van der Waals surface area contributed by atoms with Crippen LogP contribution in [0, 0.1) is 6.92 Å². The van der Waals surface area contributed by atoms with Crippen LogP contribution in [0.1, 0.15) is 21.9 Å². The molecular weight excluding hydrogens is 288 g/mol. The van der Waals surface area contributed by atoms with Crippen molar-refractivity contribution in [2.24, 2.45) is 0 Å². The lowest BCUT2D eigenvalue weighted by atomic mass is 10.2. The van der Waals surface area contributed by atoms with Gasteiger partial charge in [0.15, 0.2) is 0 Å². The number of esters is 1. The molecule has 2 rings (SSSR count). The van der Waals surface area contributed by atoms with E-state index < -0.39 is 5.97 Å². The van der Waals surface area contributed by atoms with Gasteiger partial charge < -0.3 is 18.8 Å². The van der Waals surface area contributed by atoms with Crippen LogP contribution in [0.2, 0.25) is 0 Å². The number of carbonyl (C=O) groups is 2. The summed E-state index contributed by atoms with van der Waals surface area (Å²) in [4.78, 5) is 27.4. The van der Waals surface area contributed by atoms with Crippen molar-refractivity contribution in [2.75, 3.05) is 47.0 Å². The first-order valence-corrected chi connectivity index (χ1v) is 7.23. The van der Waals surface area contributed by atoms with Crippen LogP contribution in [0.4, 0.5) is 0 Å². The van der Waals surface area contributed by atoms with Crippen LogP contribution in [0.25, 0.3) is 0 Å². The molecule has 1 fully saturated rings. The fraction of sp³-hybridized carbons (Fsp3) is 0.600. The highest BCUT2D eigenvalue weighted by atomic mass is 16.5. The first-order valence-electron chi connectivity index (χ1n) is 7.23. The van der Waals surface area contributed by atoms with E-state index in [2.05, 4.69) is 0 Å². The van der Waals surface area contributed by atoms with Gasteiger partial charge in [-0.3, -0.25) is 9.69 Å². The average Bonchev–Trinajstić information content (AvgIpc) is 2.87. The van der Waals surface area contributed by atoms with Crippen molar-refractivity contribution in [1.29, 1.82) is 0 Å². The minimum atomic E-state index is -0.417. The van der Waals surface area contributed by atoms with E-state index in [4.69, 9.17) is 13.9 Å². The van der Waals surface area contributed by atoms with Crippen LogP contribution in [0.3, 0.4) is 0 Å². The largest absolute Gasteiger partial charge is 0.465 e. The van der Waals surface area contributed by atoms with Gasteiger partial charge in [0.2, 0.25) is 5.91 Å². The average molecular weight is 310 g/mol. The second kappa shape index (κ2) is 7.42. The second-order valence-electron chi connectivity index (χ2n) is 5.34. The Hall–Kier alpha value is -1.86. The highest BCUT2D eigenvalue weighted by Gasteiger charge is 2.20. The van der Waals surface area contributed by atoms with E-state index in [1.807, 2.05) is 11.9 Å². The zero-order valence-corrected chi connectivity index (χ0v) is 13.3. The van der Waals surface area contributed by atoms with E-state index in [9.17, 15) is 9.59 Å². The van der Waals surface area contributed by atoms with Gasteiger partial charge in [-0.25, -0.2) is 4.79 Å². The highest BCUT2D eigenvalue weighted by Crippen LogP contribution is 2.17.